The summed E-state index contributed by atoms with van der Waals surface area (Å²) in [4.78, 5) is 15.1. The molecule has 0 radical (unpaired) electrons. The molecule has 19 heavy (non-hydrogen) atoms. The van der Waals surface area contributed by atoms with Gasteiger partial charge in [-0.3, -0.25) is 4.79 Å². The number of pyridine rings is 1. The van der Waals surface area contributed by atoms with Crippen molar-refractivity contribution in [2.45, 2.75) is 60.3 Å². The summed E-state index contributed by atoms with van der Waals surface area (Å²) >= 11 is 0. The predicted molar refractivity (Wildman–Crippen MR) is 82.7 cm³/mol. The highest BCUT2D eigenvalue weighted by atomic mass is 16.1. The second-order valence-electron chi connectivity index (χ2n) is 5.91. The summed E-state index contributed by atoms with van der Waals surface area (Å²) in [5, 5.41) is 0. The fourth-order valence-electron chi connectivity index (χ4n) is 2.16. The Labute approximate surface area is 117 Å². The van der Waals surface area contributed by atoms with Crippen LogP contribution in [0.1, 0.15) is 57.0 Å². The van der Waals surface area contributed by atoms with Gasteiger partial charge in [-0.15, -0.1) is 0 Å². The van der Waals surface area contributed by atoms with Gasteiger partial charge < -0.3 is 4.98 Å². The number of aromatic amines is 1. The third-order valence-electron chi connectivity index (χ3n) is 3.70. The first kappa shape index (κ1) is 15.7. The maximum atomic E-state index is 11.7. The molecule has 0 fully saturated rings. The van der Waals surface area contributed by atoms with Crippen molar-refractivity contribution in [1.82, 2.24) is 4.98 Å². The highest BCUT2D eigenvalue weighted by Crippen LogP contribution is 2.14. The third kappa shape index (κ3) is 5.46. The third-order valence-corrected chi connectivity index (χ3v) is 3.70. The summed E-state index contributed by atoms with van der Waals surface area (Å²) in [6, 6.07) is 1.76. The van der Waals surface area contributed by atoms with E-state index in [0.717, 1.165) is 36.2 Å². The monoisotopic (exact) mass is 261 g/mol. The lowest BCUT2D eigenvalue weighted by Gasteiger charge is -2.11. The molecule has 0 saturated carbocycles. The molecular formula is C17H27NO. The lowest BCUT2D eigenvalue weighted by molar-refractivity contribution is 0.493. The van der Waals surface area contributed by atoms with E-state index in [1.54, 1.807) is 6.07 Å². The summed E-state index contributed by atoms with van der Waals surface area (Å²) in [6.07, 6.45) is 6.78. The van der Waals surface area contributed by atoms with Crippen LogP contribution in [0.15, 0.2) is 22.5 Å². The fraction of sp³-hybridized carbons (Fsp3) is 0.588. The molecule has 2 heteroatoms. The molecule has 0 bridgehead atoms. The Balaban J connectivity index is 2.48. The standard InChI is InChI=1S/C17H27NO/c1-12(2)7-6-8-13(3)9-10-16-11-17(19)14(4)15(5)18-16/h7,11,13H,6,8-10H2,1-5H3,(H,18,19). The normalized spacial score (nSPS) is 12.3. The minimum absolute atomic E-state index is 0.156. The number of aryl methyl sites for hydroxylation is 2. The SMILES string of the molecule is CC(C)=CCCC(C)CCc1cc(=O)c(C)c(C)[nH]1. The molecular weight excluding hydrogens is 234 g/mol. The highest BCUT2D eigenvalue weighted by molar-refractivity contribution is 5.20. The van der Waals surface area contributed by atoms with Gasteiger partial charge in [-0.25, -0.2) is 0 Å². The summed E-state index contributed by atoms with van der Waals surface area (Å²) in [5.41, 5.74) is 4.45. The quantitative estimate of drug-likeness (QED) is 0.761. The van der Waals surface area contributed by atoms with E-state index >= 15 is 0 Å². The molecule has 1 aromatic heterocycles. The van der Waals surface area contributed by atoms with Crippen LogP contribution in [0.5, 0.6) is 0 Å². The Morgan fingerprint density at radius 3 is 2.58 bits per heavy atom. The first-order chi connectivity index (χ1) is 8.90. The van der Waals surface area contributed by atoms with E-state index in [1.165, 1.54) is 12.0 Å². The number of rotatable bonds is 6. The van der Waals surface area contributed by atoms with E-state index in [0.29, 0.717) is 5.92 Å². The van der Waals surface area contributed by atoms with E-state index in [4.69, 9.17) is 0 Å². The Kier molecular flexibility index (Phi) is 6.07. The number of aromatic nitrogens is 1. The maximum Gasteiger partial charge on any atom is 0.184 e. The average Bonchev–Trinajstić information content (AvgIpc) is 2.32. The van der Waals surface area contributed by atoms with Crippen molar-refractivity contribution in [2.75, 3.05) is 0 Å². The minimum Gasteiger partial charge on any atom is -0.362 e. The molecule has 1 rings (SSSR count). The molecule has 1 N–H and O–H groups in total. The van der Waals surface area contributed by atoms with E-state index in [-0.39, 0.29) is 5.43 Å². The maximum absolute atomic E-state index is 11.7. The van der Waals surface area contributed by atoms with Gasteiger partial charge in [-0.1, -0.05) is 18.6 Å². The Morgan fingerprint density at radius 1 is 1.32 bits per heavy atom. The molecule has 1 aromatic rings. The Morgan fingerprint density at radius 2 is 2.00 bits per heavy atom. The highest BCUT2D eigenvalue weighted by Gasteiger charge is 2.05. The van der Waals surface area contributed by atoms with Crippen LogP contribution in [0, 0.1) is 19.8 Å². The fourth-order valence-corrected chi connectivity index (χ4v) is 2.16. The number of hydrogen-bond donors (Lipinski definition) is 1. The summed E-state index contributed by atoms with van der Waals surface area (Å²) in [6.45, 7) is 10.4. The van der Waals surface area contributed by atoms with Gasteiger partial charge >= 0.3 is 0 Å². The molecule has 1 unspecified atom stereocenters. The van der Waals surface area contributed by atoms with Gasteiger partial charge in [0.05, 0.1) is 0 Å². The lowest BCUT2D eigenvalue weighted by atomic mass is 9.98. The molecule has 2 nitrogen and oxygen atoms in total. The first-order valence-electron chi connectivity index (χ1n) is 7.23. The van der Waals surface area contributed by atoms with Gasteiger partial charge in [0.1, 0.15) is 0 Å². The van der Waals surface area contributed by atoms with Crippen LogP contribution in [-0.2, 0) is 6.42 Å². The van der Waals surface area contributed by atoms with Gasteiger partial charge in [-0.05, 0) is 59.3 Å². The van der Waals surface area contributed by atoms with Crippen molar-refractivity contribution in [3.63, 3.8) is 0 Å². The van der Waals surface area contributed by atoms with E-state index in [9.17, 15) is 4.79 Å². The van der Waals surface area contributed by atoms with Crippen molar-refractivity contribution >= 4 is 0 Å². The van der Waals surface area contributed by atoms with Crippen molar-refractivity contribution in [1.29, 1.82) is 0 Å². The lowest BCUT2D eigenvalue weighted by Crippen LogP contribution is -2.11. The van der Waals surface area contributed by atoms with Crippen molar-refractivity contribution in [3.05, 3.63) is 44.9 Å². The van der Waals surface area contributed by atoms with Crippen LogP contribution in [-0.4, -0.2) is 4.98 Å². The zero-order valence-corrected chi connectivity index (χ0v) is 13.0. The van der Waals surface area contributed by atoms with Gasteiger partial charge in [0, 0.05) is 23.0 Å². The number of hydrogen-bond acceptors (Lipinski definition) is 1. The number of allylic oxidation sites excluding steroid dienone is 2. The van der Waals surface area contributed by atoms with Gasteiger partial charge in [0.2, 0.25) is 0 Å². The van der Waals surface area contributed by atoms with Gasteiger partial charge in [-0.2, -0.15) is 0 Å². The number of H-pyrrole nitrogens is 1. The summed E-state index contributed by atoms with van der Waals surface area (Å²) in [5.74, 6) is 0.695. The summed E-state index contributed by atoms with van der Waals surface area (Å²) < 4.78 is 0. The van der Waals surface area contributed by atoms with Crippen LogP contribution in [0.25, 0.3) is 0 Å². The van der Waals surface area contributed by atoms with Crippen LogP contribution < -0.4 is 5.43 Å². The topological polar surface area (TPSA) is 32.9 Å². The van der Waals surface area contributed by atoms with Crippen LogP contribution >= 0.6 is 0 Å². The average molecular weight is 261 g/mol. The summed E-state index contributed by atoms with van der Waals surface area (Å²) in [7, 11) is 0. The van der Waals surface area contributed by atoms with Gasteiger partial charge in [0.15, 0.2) is 5.43 Å². The Bertz CT molecular complexity index is 492. The second-order valence-corrected chi connectivity index (χ2v) is 5.91. The van der Waals surface area contributed by atoms with E-state index < -0.39 is 0 Å². The molecule has 0 aliphatic rings. The predicted octanol–water partition coefficient (Wildman–Crippen LogP) is 4.31. The Hall–Kier alpha value is -1.31. The molecule has 0 aliphatic heterocycles. The smallest absolute Gasteiger partial charge is 0.184 e. The van der Waals surface area contributed by atoms with E-state index in [2.05, 4.69) is 31.8 Å². The molecule has 0 aromatic carbocycles. The zero-order chi connectivity index (χ0) is 14.4. The molecule has 0 amide bonds. The molecule has 106 valence electrons. The molecule has 1 atom stereocenters. The molecule has 1 heterocycles. The van der Waals surface area contributed by atoms with Crippen LogP contribution in [0.4, 0.5) is 0 Å². The van der Waals surface area contributed by atoms with Crippen molar-refractivity contribution in [3.8, 4) is 0 Å². The van der Waals surface area contributed by atoms with Gasteiger partial charge in [0.25, 0.3) is 0 Å². The molecule has 0 aliphatic carbocycles. The molecule has 0 saturated heterocycles. The van der Waals surface area contributed by atoms with Crippen LogP contribution in [0.3, 0.4) is 0 Å². The first-order valence-corrected chi connectivity index (χ1v) is 7.23. The van der Waals surface area contributed by atoms with E-state index in [1.807, 2.05) is 13.8 Å². The minimum atomic E-state index is 0.156. The zero-order valence-electron chi connectivity index (χ0n) is 13.0. The number of nitrogens with one attached hydrogen (secondary N) is 1. The van der Waals surface area contributed by atoms with Crippen LogP contribution in [0.2, 0.25) is 0 Å². The second kappa shape index (κ2) is 7.32. The molecule has 0 spiro atoms. The largest absolute Gasteiger partial charge is 0.362 e. The van der Waals surface area contributed by atoms with Crippen molar-refractivity contribution in [2.24, 2.45) is 5.92 Å². The van der Waals surface area contributed by atoms with Crippen molar-refractivity contribution < 1.29 is 0 Å².